The molecule has 0 fully saturated rings. The molecule has 0 aliphatic rings. The Morgan fingerprint density at radius 2 is 1.20 bits per heavy atom. The molecule has 0 aromatic heterocycles. The zero-order valence-electron chi connectivity index (χ0n) is 10.1. The zero-order valence-corrected chi connectivity index (χ0v) is 10.1. The van der Waals surface area contributed by atoms with E-state index < -0.39 is 60.8 Å². The largest absolute Gasteiger partial charge is 0.481 e. The molecule has 0 amide bonds. The second-order valence-electron chi connectivity index (χ2n) is 3.91. The normalized spacial score (nSPS) is 16.8. The van der Waals surface area contributed by atoms with Crippen LogP contribution < -0.4 is 0 Å². The average molecular weight is 294 g/mol. The number of Topliss-reactive ketones (excluding diaryl/α,β-unsaturated/α-hetero) is 2. The molecule has 0 aliphatic heterocycles. The van der Waals surface area contributed by atoms with Crippen LogP contribution in [0.1, 0.15) is 6.42 Å². The Bertz CT molecular complexity index is 392. The smallest absolute Gasteiger partial charge is 0.325 e. The minimum atomic E-state index is -3.30. The molecule has 0 heterocycles. The lowest BCUT2D eigenvalue weighted by Crippen LogP contribution is -2.56. The molecular formula is C10H14O10. The van der Waals surface area contributed by atoms with Crippen LogP contribution in [0.4, 0.5) is 0 Å². The van der Waals surface area contributed by atoms with E-state index in [-0.39, 0.29) is 0 Å². The molecule has 0 aromatic carbocycles. The highest BCUT2D eigenvalue weighted by molar-refractivity contribution is 6.25. The number of aliphatic hydroxyl groups excluding tert-OH is 4. The molecule has 0 saturated heterocycles. The molecule has 2 atom stereocenters. The van der Waals surface area contributed by atoms with Gasteiger partial charge >= 0.3 is 11.9 Å². The number of carbonyl (C=O) groups is 4. The minimum Gasteiger partial charge on any atom is -0.481 e. The van der Waals surface area contributed by atoms with Crippen molar-refractivity contribution in [3.8, 4) is 0 Å². The van der Waals surface area contributed by atoms with Crippen LogP contribution in [0.3, 0.4) is 0 Å². The first-order valence-electron chi connectivity index (χ1n) is 5.26. The number of carboxylic acids is 2. The van der Waals surface area contributed by atoms with Gasteiger partial charge in [0.2, 0.25) is 0 Å². The standard InChI is InChI=1S/C10H14O10/c11-2-4(13)7(17)10(9(19)20,1-6(15)16)8(18)5(14)3-12/h4-5,11-14H,1-3H2,(H,15,16)(H,19,20). The van der Waals surface area contributed by atoms with E-state index in [0.29, 0.717) is 0 Å². The molecule has 20 heavy (non-hydrogen) atoms. The molecular weight excluding hydrogens is 280 g/mol. The van der Waals surface area contributed by atoms with Crippen LogP contribution in [-0.4, -0.2) is 79.6 Å². The highest BCUT2D eigenvalue weighted by Crippen LogP contribution is 2.29. The second-order valence-corrected chi connectivity index (χ2v) is 3.91. The van der Waals surface area contributed by atoms with Crippen molar-refractivity contribution < 1.29 is 49.8 Å². The molecule has 0 bridgehead atoms. The first-order chi connectivity index (χ1) is 9.14. The lowest BCUT2D eigenvalue weighted by atomic mass is 9.72. The van der Waals surface area contributed by atoms with Gasteiger partial charge in [-0.25, -0.2) is 0 Å². The van der Waals surface area contributed by atoms with E-state index in [1.54, 1.807) is 0 Å². The molecule has 10 heteroatoms. The van der Waals surface area contributed by atoms with E-state index >= 15 is 0 Å². The summed E-state index contributed by atoms with van der Waals surface area (Å²) < 4.78 is 0. The molecule has 10 nitrogen and oxygen atoms in total. The lowest BCUT2D eigenvalue weighted by molar-refractivity contribution is -0.171. The van der Waals surface area contributed by atoms with Crippen molar-refractivity contribution in [3.05, 3.63) is 0 Å². The van der Waals surface area contributed by atoms with Gasteiger partial charge in [0, 0.05) is 0 Å². The number of rotatable bonds is 9. The summed E-state index contributed by atoms with van der Waals surface area (Å²) >= 11 is 0. The number of ketones is 2. The van der Waals surface area contributed by atoms with Crippen molar-refractivity contribution in [2.24, 2.45) is 5.41 Å². The monoisotopic (exact) mass is 294 g/mol. The summed E-state index contributed by atoms with van der Waals surface area (Å²) in [6, 6.07) is 0. The molecule has 0 rings (SSSR count). The highest BCUT2D eigenvalue weighted by atomic mass is 16.4. The van der Waals surface area contributed by atoms with Crippen molar-refractivity contribution >= 4 is 23.5 Å². The molecule has 0 aromatic rings. The first-order valence-corrected chi connectivity index (χ1v) is 5.26. The van der Waals surface area contributed by atoms with E-state index in [4.69, 9.17) is 20.4 Å². The Balaban J connectivity index is 5.96. The van der Waals surface area contributed by atoms with Crippen LogP contribution in [0.2, 0.25) is 0 Å². The third-order valence-electron chi connectivity index (χ3n) is 2.57. The predicted molar refractivity (Wildman–Crippen MR) is 58.5 cm³/mol. The van der Waals surface area contributed by atoms with Gasteiger partial charge in [0.1, 0.15) is 12.2 Å². The molecule has 0 spiro atoms. The molecule has 0 aliphatic carbocycles. The van der Waals surface area contributed by atoms with Gasteiger partial charge in [0.15, 0.2) is 17.0 Å². The lowest BCUT2D eigenvalue weighted by Gasteiger charge is -2.28. The van der Waals surface area contributed by atoms with Crippen LogP contribution >= 0.6 is 0 Å². The first kappa shape index (κ1) is 18.1. The van der Waals surface area contributed by atoms with Crippen molar-refractivity contribution in [2.75, 3.05) is 13.2 Å². The van der Waals surface area contributed by atoms with E-state index in [1.807, 2.05) is 0 Å². The quantitative estimate of drug-likeness (QED) is 0.231. The fraction of sp³-hybridized carbons (Fsp3) is 0.600. The van der Waals surface area contributed by atoms with Crippen LogP contribution in [0.5, 0.6) is 0 Å². The van der Waals surface area contributed by atoms with Crippen LogP contribution in [-0.2, 0) is 19.2 Å². The summed E-state index contributed by atoms with van der Waals surface area (Å²) in [4.78, 5) is 45.4. The number of carboxylic acid groups (broad SMARTS) is 2. The number of hydrogen-bond donors (Lipinski definition) is 6. The van der Waals surface area contributed by atoms with Crippen LogP contribution in [0.15, 0.2) is 0 Å². The van der Waals surface area contributed by atoms with E-state index in [9.17, 15) is 29.4 Å². The third kappa shape index (κ3) is 3.36. The molecule has 6 N–H and O–H groups in total. The Kier molecular flexibility index (Phi) is 6.39. The Morgan fingerprint density at radius 1 is 0.850 bits per heavy atom. The van der Waals surface area contributed by atoms with Gasteiger partial charge in [-0.1, -0.05) is 0 Å². The number of aliphatic hydroxyl groups is 4. The SMILES string of the molecule is O=C(O)CC(C(=O)O)(C(=O)C(O)CO)C(=O)C(O)CO. The van der Waals surface area contributed by atoms with Crippen molar-refractivity contribution in [1.29, 1.82) is 0 Å². The van der Waals surface area contributed by atoms with Crippen molar-refractivity contribution in [1.82, 2.24) is 0 Å². The number of carbonyl (C=O) groups excluding carboxylic acids is 2. The summed E-state index contributed by atoms with van der Waals surface area (Å²) in [7, 11) is 0. The highest BCUT2D eigenvalue weighted by Gasteiger charge is 2.57. The van der Waals surface area contributed by atoms with Gasteiger partial charge in [-0.05, 0) is 0 Å². The number of aliphatic carboxylic acids is 2. The second kappa shape index (κ2) is 7.05. The fourth-order valence-electron chi connectivity index (χ4n) is 1.54. The topological polar surface area (TPSA) is 190 Å². The molecule has 0 radical (unpaired) electrons. The average Bonchev–Trinajstić information content (AvgIpc) is 2.40. The predicted octanol–water partition coefficient (Wildman–Crippen LogP) is -3.62. The molecule has 114 valence electrons. The van der Waals surface area contributed by atoms with E-state index in [1.165, 1.54) is 0 Å². The van der Waals surface area contributed by atoms with E-state index in [0.717, 1.165) is 0 Å². The van der Waals surface area contributed by atoms with Crippen molar-refractivity contribution in [2.45, 2.75) is 18.6 Å². The third-order valence-corrected chi connectivity index (χ3v) is 2.57. The molecule has 2 unspecified atom stereocenters. The Labute approximate surface area is 111 Å². The van der Waals surface area contributed by atoms with Gasteiger partial charge < -0.3 is 30.6 Å². The zero-order chi connectivity index (χ0) is 16.1. The van der Waals surface area contributed by atoms with Gasteiger partial charge in [-0.3, -0.25) is 19.2 Å². The minimum absolute atomic E-state index is 1.24. The van der Waals surface area contributed by atoms with E-state index in [2.05, 4.69) is 0 Å². The van der Waals surface area contributed by atoms with Crippen molar-refractivity contribution in [3.63, 3.8) is 0 Å². The Hall–Kier alpha value is -1.88. The van der Waals surface area contributed by atoms with Crippen LogP contribution in [0.25, 0.3) is 0 Å². The maximum Gasteiger partial charge on any atom is 0.325 e. The van der Waals surface area contributed by atoms with Gasteiger partial charge in [0.05, 0.1) is 19.6 Å². The van der Waals surface area contributed by atoms with Gasteiger partial charge in [-0.15, -0.1) is 0 Å². The molecule has 0 saturated carbocycles. The van der Waals surface area contributed by atoms with Gasteiger partial charge in [0.25, 0.3) is 0 Å². The Morgan fingerprint density at radius 3 is 1.40 bits per heavy atom. The maximum atomic E-state index is 11.8. The van der Waals surface area contributed by atoms with Crippen LogP contribution in [0, 0.1) is 5.41 Å². The summed E-state index contributed by atoms with van der Waals surface area (Å²) in [5.74, 6) is -7.64. The summed E-state index contributed by atoms with van der Waals surface area (Å²) in [6.07, 6.45) is -6.19. The maximum absolute atomic E-state index is 11.8. The summed E-state index contributed by atoms with van der Waals surface area (Å²) in [5, 5.41) is 53.3. The fourth-order valence-corrected chi connectivity index (χ4v) is 1.54. The summed E-state index contributed by atoms with van der Waals surface area (Å²) in [5.41, 5.74) is -3.30. The van der Waals surface area contributed by atoms with Gasteiger partial charge in [-0.2, -0.15) is 0 Å². The number of hydrogen-bond acceptors (Lipinski definition) is 8. The summed E-state index contributed by atoms with van der Waals surface area (Å²) in [6.45, 7) is -2.48.